The van der Waals surface area contributed by atoms with Gasteiger partial charge in [0.05, 0.1) is 6.54 Å². The van der Waals surface area contributed by atoms with Gasteiger partial charge in [0, 0.05) is 44.6 Å². The molecule has 1 aromatic rings. The Kier molecular flexibility index (Phi) is 5.58. The van der Waals surface area contributed by atoms with E-state index in [0.717, 1.165) is 44.0 Å². The second-order valence-corrected chi connectivity index (χ2v) is 6.88. The highest BCUT2D eigenvalue weighted by atomic mass is 19.1. The minimum absolute atomic E-state index is 0.0132. The van der Waals surface area contributed by atoms with Gasteiger partial charge in [-0.2, -0.15) is 0 Å². The first-order valence-electron chi connectivity index (χ1n) is 8.81. The summed E-state index contributed by atoms with van der Waals surface area (Å²) in [4.78, 5) is 18.1. The monoisotopic (exact) mass is 366 g/mol. The summed E-state index contributed by atoms with van der Waals surface area (Å²) in [6.07, 6.45) is 2.60. The maximum absolute atomic E-state index is 13.5. The number of rotatable bonds is 4. The summed E-state index contributed by atoms with van der Waals surface area (Å²) >= 11 is 0. The molecule has 2 N–H and O–H groups in total. The van der Waals surface area contributed by atoms with Gasteiger partial charge in [0.25, 0.3) is 0 Å². The molecule has 26 heavy (non-hydrogen) atoms. The number of hydrogen-bond acceptors (Lipinski definition) is 3. The number of piperidine rings is 1. The van der Waals surface area contributed by atoms with Crippen LogP contribution in [0.1, 0.15) is 19.3 Å². The van der Waals surface area contributed by atoms with Gasteiger partial charge in [0.15, 0.2) is 17.5 Å². The van der Waals surface area contributed by atoms with Crippen LogP contribution in [0.15, 0.2) is 23.2 Å². The molecule has 2 fully saturated rings. The van der Waals surface area contributed by atoms with Gasteiger partial charge in [-0.15, -0.1) is 0 Å². The molecule has 2 aliphatic rings. The zero-order chi connectivity index (χ0) is 18.6. The Morgan fingerprint density at radius 1 is 1.46 bits per heavy atom. The molecular formula is C18H24F2N4O2. The van der Waals surface area contributed by atoms with Crippen LogP contribution in [0.3, 0.4) is 0 Å². The summed E-state index contributed by atoms with van der Waals surface area (Å²) in [5.41, 5.74) is -0.0132. The predicted molar refractivity (Wildman–Crippen MR) is 94.1 cm³/mol. The number of aliphatic imine (C=N–C) groups is 1. The Hall–Kier alpha value is -2.38. The van der Waals surface area contributed by atoms with Crippen molar-refractivity contribution in [2.75, 3.05) is 39.8 Å². The van der Waals surface area contributed by atoms with Crippen molar-refractivity contribution < 1.29 is 18.3 Å². The van der Waals surface area contributed by atoms with Crippen LogP contribution in [0.2, 0.25) is 0 Å². The second kappa shape index (κ2) is 7.88. The number of guanidine groups is 1. The summed E-state index contributed by atoms with van der Waals surface area (Å²) in [6.45, 7) is 3.03. The highest BCUT2D eigenvalue weighted by Gasteiger charge is 2.42. The normalized spacial score (nSPS) is 23.3. The first-order valence-corrected chi connectivity index (χ1v) is 8.81. The number of carbonyl (C=O) groups excluding carboxylic acids is 1. The van der Waals surface area contributed by atoms with Crippen LogP contribution in [-0.2, 0) is 4.79 Å². The maximum atomic E-state index is 13.5. The van der Waals surface area contributed by atoms with Crippen molar-refractivity contribution in [1.82, 2.24) is 15.5 Å². The van der Waals surface area contributed by atoms with E-state index >= 15 is 0 Å². The lowest BCUT2D eigenvalue weighted by molar-refractivity contribution is -0.119. The van der Waals surface area contributed by atoms with Gasteiger partial charge in [-0.05, 0) is 25.0 Å². The number of halogens is 2. The Balaban J connectivity index is 1.49. The van der Waals surface area contributed by atoms with Gasteiger partial charge in [-0.3, -0.25) is 9.79 Å². The Labute approximate surface area is 151 Å². The molecule has 2 saturated heterocycles. The third kappa shape index (κ3) is 4.23. The standard InChI is InChI=1S/C18H24F2N4O2/c1-21-17(22-6-8-26-15-4-3-13(19)9-14(15)20)24-7-2-5-18(12-24)10-16(25)23-11-18/h3-4,9H,2,5-8,10-12H2,1H3,(H,21,22)(H,23,25). The number of benzene rings is 1. The summed E-state index contributed by atoms with van der Waals surface area (Å²) < 4.78 is 31.8. The van der Waals surface area contributed by atoms with E-state index in [-0.39, 0.29) is 23.7 Å². The van der Waals surface area contributed by atoms with E-state index in [9.17, 15) is 13.6 Å². The quantitative estimate of drug-likeness (QED) is 0.482. The minimum atomic E-state index is -0.717. The van der Waals surface area contributed by atoms with E-state index in [1.807, 2.05) is 0 Å². The van der Waals surface area contributed by atoms with E-state index in [1.165, 1.54) is 6.07 Å². The molecule has 1 unspecified atom stereocenters. The molecule has 0 saturated carbocycles. The fourth-order valence-corrected chi connectivity index (χ4v) is 3.68. The lowest BCUT2D eigenvalue weighted by Gasteiger charge is -2.40. The smallest absolute Gasteiger partial charge is 0.220 e. The predicted octanol–water partition coefficient (Wildman–Crippen LogP) is 1.52. The maximum Gasteiger partial charge on any atom is 0.220 e. The number of likely N-dealkylation sites (tertiary alicyclic amines) is 1. The lowest BCUT2D eigenvalue weighted by Crippen LogP contribution is -2.51. The summed E-state index contributed by atoms with van der Waals surface area (Å²) in [7, 11) is 1.71. The molecule has 6 nitrogen and oxygen atoms in total. The van der Waals surface area contributed by atoms with Crippen molar-refractivity contribution in [2.24, 2.45) is 10.4 Å². The molecule has 1 aromatic carbocycles. The highest BCUT2D eigenvalue weighted by Crippen LogP contribution is 2.35. The van der Waals surface area contributed by atoms with Gasteiger partial charge < -0.3 is 20.3 Å². The molecule has 0 aliphatic carbocycles. The van der Waals surface area contributed by atoms with Gasteiger partial charge in [-0.25, -0.2) is 8.78 Å². The third-order valence-corrected chi connectivity index (χ3v) is 4.91. The number of amides is 1. The summed E-state index contributed by atoms with van der Waals surface area (Å²) in [5, 5.41) is 6.14. The molecule has 1 spiro atoms. The van der Waals surface area contributed by atoms with E-state index in [4.69, 9.17) is 4.74 Å². The molecular weight excluding hydrogens is 342 g/mol. The van der Waals surface area contributed by atoms with Crippen LogP contribution in [0.4, 0.5) is 8.78 Å². The van der Waals surface area contributed by atoms with Crippen LogP contribution in [0.5, 0.6) is 5.75 Å². The number of nitrogens with one attached hydrogen (secondary N) is 2. The van der Waals surface area contributed by atoms with Gasteiger partial charge in [-0.1, -0.05) is 0 Å². The third-order valence-electron chi connectivity index (χ3n) is 4.91. The molecule has 0 aromatic heterocycles. The largest absolute Gasteiger partial charge is 0.489 e. The van der Waals surface area contributed by atoms with E-state index in [1.54, 1.807) is 7.05 Å². The van der Waals surface area contributed by atoms with Gasteiger partial charge in [0.1, 0.15) is 12.4 Å². The number of hydrogen-bond donors (Lipinski definition) is 2. The van der Waals surface area contributed by atoms with Crippen molar-refractivity contribution in [3.8, 4) is 5.75 Å². The average Bonchev–Trinajstić information content (AvgIpc) is 2.96. The van der Waals surface area contributed by atoms with E-state index in [2.05, 4.69) is 20.5 Å². The zero-order valence-electron chi connectivity index (χ0n) is 14.9. The van der Waals surface area contributed by atoms with E-state index < -0.39 is 11.6 Å². The van der Waals surface area contributed by atoms with Crippen LogP contribution < -0.4 is 15.4 Å². The Morgan fingerprint density at radius 3 is 3.00 bits per heavy atom. The molecule has 0 radical (unpaired) electrons. The summed E-state index contributed by atoms with van der Waals surface area (Å²) in [5.74, 6) is -0.468. The van der Waals surface area contributed by atoms with Gasteiger partial charge >= 0.3 is 0 Å². The molecule has 1 amide bonds. The van der Waals surface area contributed by atoms with E-state index in [0.29, 0.717) is 19.5 Å². The number of ether oxygens (including phenoxy) is 1. The fraction of sp³-hybridized carbons (Fsp3) is 0.556. The first kappa shape index (κ1) is 18.4. The average molecular weight is 366 g/mol. The topological polar surface area (TPSA) is 66.0 Å². The molecule has 3 rings (SSSR count). The Morgan fingerprint density at radius 2 is 2.31 bits per heavy atom. The van der Waals surface area contributed by atoms with Crippen molar-refractivity contribution in [2.45, 2.75) is 19.3 Å². The molecule has 8 heteroatoms. The Bertz CT molecular complexity index is 698. The number of nitrogens with zero attached hydrogens (tertiary/aromatic N) is 2. The molecule has 1 atom stereocenters. The van der Waals surface area contributed by atoms with Crippen molar-refractivity contribution in [1.29, 1.82) is 0 Å². The number of carbonyl (C=O) groups is 1. The van der Waals surface area contributed by atoms with Crippen molar-refractivity contribution in [3.63, 3.8) is 0 Å². The van der Waals surface area contributed by atoms with Crippen LogP contribution >= 0.6 is 0 Å². The minimum Gasteiger partial charge on any atom is -0.489 e. The zero-order valence-corrected chi connectivity index (χ0v) is 14.9. The van der Waals surface area contributed by atoms with Crippen LogP contribution in [-0.4, -0.2) is 56.6 Å². The second-order valence-electron chi connectivity index (χ2n) is 6.88. The highest BCUT2D eigenvalue weighted by molar-refractivity contribution is 5.81. The molecule has 142 valence electrons. The summed E-state index contributed by atoms with van der Waals surface area (Å²) in [6, 6.07) is 3.23. The molecule has 0 bridgehead atoms. The van der Waals surface area contributed by atoms with Crippen molar-refractivity contribution >= 4 is 11.9 Å². The lowest BCUT2D eigenvalue weighted by atomic mass is 9.79. The first-order chi connectivity index (χ1) is 12.5. The van der Waals surface area contributed by atoms with Crippen LogP contribution in [0, 0.1) is 17.0 Å². The van der Waals surface area contributed by atoms with Crippen LogP contribution in [0.25, 0.3) is 0 Å². The van der Waals surface area contributed by atoms with Crippen molar-refractivity contribution in [3.05, 3.63) is 29.8 Å². The molecule has 2 aliphatic heterocycles. The SMILES string of the molecule is CN=C(NCCOc1ccc(F)cc1F)N1CCCC2(CNC(=O)C2)C1. The molecule has 2 heterocycles. The van der Waals surface area contributed by atoms with Gasteiger partial charge in [0.2, 0.25) is 5.91 Å². The fourth-order valence-electron chi connectivity index (χ4n) is 3.68.